The number of nitrogens with zero attached hydrogens (tertiary/aromatic N) is 2. The summed E-state index contributed by atoms with van der Waals surface area (Å²) in [6.07, 6.45) is 1.59. The van der Waals surface area contributed by atoms with Crippen molar-refractivity contribution in [2.75, 3.05) is 13.2 Å². The number of nitrogens with one attached hydrogen (secondary N) is 1. The summed E-state index contributed by atoms with van der Waals surface area (Å²) < 4.78 is 1.83. The van der Waals surface area contributed by atoms with E-state index in [9.17, 15) is 10.2 Å². The second-order valence-electron chi connectivity index (χ2n) is 4.41. The van der Waals surface area contributed by atoms with Crippen molar-refractivity contribution < 1.29 is 10.2 Å². The largest absolute Gasteiger partial charge is 0.394 e. The van der Waals surface area contributed by atoms with Crippen LogP contribution < -0.4 is 5.32 Å². The number of rotatable bonds is 7. The van der Waals surface area contributed by atoms with Crippen molar-refractivity contribution in [1.29, 1.82) is 0 Å². The van der Waals surface area contributed by atoms with Gasteiger partial charge in [0.05, 0.1) is 30.1 Å². The quantitative estimate of drug-likeness (QED) is 0.638. The molecule has 0 aliphatic rings. The van der Waals surface area contributed by atoms with Gasteiger partial charge in [0.1, 0.15) is 0 Å². The molecule has 5 nitrogen and oxygen atoms in total. The van der Waals surface area contributed by atoms with Crippen LogP contribution in [0.4, 0.5) is 0 Å². The molecule has 5 heteroatoms. The summed E-state index contributed by atoms with van der Waals surface area (Å²) in [7, 11) is 1.90. The van der Waals surface area contributed by atoms with Gasteiger partial charge in [0.25, 0.3) is 0 Å². The summed E-state index contributed by atoms with van der Waals surface area (Å²) in [5.41, 5.74) is 1.51. The Morgan fingerprint density at radius 3 is 2.41 bits per heavy atom. The summed E-state index contributed by atoms with van der Waals surface area (Å²) in [5.74, 6) is 0. The molecule has 1 aromatic heterocycles. The average molecular weight is 241 g/mol. The molecular weight excluding hydrogens is 218 g/mol. The molecule has 0 radical (unpaired) electrons. The predicted octanol–water partition coefficient (Wildman–Crippen LogP) is 0.205. The SMILES string of the molecule is CCc1cc(CNC(CC)(CO)CO)n(C)n1. The first-order chi connectivity index (χ1) is 8.10. The Labute approximate surface area is 102 Å². The molecule has 0 bridgehead atoms. The van der Waals surface area contributed by atoms with Crippen molar-refractivity contribution in [3.05, 3.63) is 17.5 Å². The molecule has 0 saturated carbocycles. The van der Waals surface area contributed by atoms with E-state index in [0.717, 1.165) is 17.8 Å². The van der Waals surface area contributed by atoms with Crippen LogP contribution in [0.5, 0.6) is 0 Å². The highest BCUT2D eigenvalue weighted by Gasteiger charge is 2.25. The molecule has 0 saturated heterocycles. The zero-order chi connectivity index (χ0) is 12.9. The maximum atomic E-state index is 9.33. The fraction of sp³-hybridized carbons (Fsp3) is 0.750. The zero-order valence-electron chi connectivity index (χ0n) is 10.9. The third-order valence-corrected chi connectivity index (χ3v) is 3.32. The Kier molecular flexibility index (Phi) is 5.11. The highest BCUT2D eigenvalue weighted by Crippen LogP contribution is 2.11. The first-order valence-electron chi connectivity index (χ1n) is 6.09. The van der Waals surface area contributed by atoms with Gasteiger partial charge in [-0.2, -0.15) is 5.10 Å². The van der Waals surface area contributed by atoms with E-state index < -0.39 is 5.54 Å². The van der Waals surface area contributed by atoms with Crippen LogP contribution in [0.25, 0.3) is 0 Å². The molecule has 0 aliphatic heterocycles. The van der Waals surface area contributed by atoms with Gasteiger partial charge >= 0.3 is 0 Å². The number of aryl methyl sites for hydroxylation is 2. The highest BCUT2D eigenvalue weighted by atomic mass is 16.3. The predicted molar refractivity (Wildman–Crippen MR) is 66.6 cm³/mol. The van der Waals surface area contributed by atoms with Crippen LogP contribution in [0.2, 0.25) is 0 Å². The van der Waals surface area contributed by atoms with Crippen molar-refractivity contribution in [1.82, 2.24) is 15.1 Å². The topological polar surface area (TPSA) is 70.3 Å². The maximum Gasteiger partial charge on any atom is 0.0648 e. The van der Waals surface area contributed by atoms with E-state index in [1.807, 2.05) is 24.7 Å². The van der Waals surface area contributed by atoms with Gasteiger partial charge in [0.2, 0.25) is 0 Å². The van der Waals surface area contributed by atoms with Crippen LogP contribution in [0.15, 0.2) is 6.07 Å². The normalized spacial score (nSPS) is 12.1. The molecule has 98 valence electrons. The monoisotopic (exact) mass is 241 g/mol. The molecule has 0 amide bonds. The Bertz CT molecular complexity index is 337. The molecule has 0 aromatic carbocycles. The minimum absolute atomic E-state index is 0.0709. The van der Waals surface area contributed by atoms with Gasteiger partial charge in [-0.1, -0.05) is 13.8 Å². The van der Waals surface area contributed by atoms with Gasteiger partial charge in [-0.25, -0.2) is 0 Å². The summed E-state index contributed by atoms with van der Waals surface area (Å²) >= 11 is 0. The molecule has 3 N–H and O–H groups in total. The number of hydrogen-bond donors (Lipinski definition) is 3. The third-order valence-electron chi connectivity index (χ3n) is 3.32. The minimum Gasteiger partial charge on any atom is -0.394 e. The molecule has 17 heavy (non-hydrogen) atoms. The van der Waals surface area contributed by atoms with Crippen molar-refractivity contribution in [2.45, 2.75) is 38.8 Å². The Balaban J connectivity index is 2.68. The highest BCUT2D eigenvalue weighted by molar-refractivity contribution is 5.10. The van der Waals surface area contributed by atoms with E-state index >= 15 is 0 Å². The van der Waals surface area contributed by atoms with Gasteiger partial charge in [0, 0.05) is 13.6 Å². The van der Waals surface area contributed by atoms with E-state index in [2.05, 4.69) is 17.3 Å². The lowest BCUT2D eigenvalue weighted by Crippen LogP contribution is -2.50. The average Bonchev–Trinajstić information content (AvgIpc) is 2.73. The van der Waals surface area contributed by atoms with Crippen molar-refractivity contribution in [3.8, 4) is 0 Å². The molecule has 1 rings (SSSR count). The molecule has 0 spiro atoms. The summed E-state index contributed by atoms with van der Waals surface area (Å²) in [4.78, 5) is 0. The zero-order valence-corrected chi connectivity index (χ0v) is 10.9. The van der Waals surface area contributed by atoms with Crippen LogP contribution in [0, 0.1) is 0 Å². The number of aliphatic hydroxyl groups excluding tert-OH is 2. The fourth-order valence-electron chi connectivity index (χ4n) is 1.70. The van der Waals surface area contributed by atoms with Gasteiger partial charge in [-0.3, -0.25) is 4.68 Å². The summed E-state index contributed by atoms with van der Waals surface area (Å²) in [5, 5.41) is 26.2. The molecule has 0 unspecified atom stereocenters. The standard InChI is InChI=1S/C12H23N3O2/c1-4-10-6-11(15(3)14-10)7-13-12(5-2,8-16)9-17/h6,13,16-17H,4-5,7-9H2,1-3H3. The minimum atomic E-state index is -0.601. The number of aliphatic hydroxyl groups is 2. The molecule has 1 aromatic rings. The van der Waals surface area contributed by atoms with Crippen LogP contribution in [0.1, 0.15) is 31.7 Å². The van der Waals surface area contributed by atoms with E-state index in [1.54, 1.807) is 0 Å². The number of hydrogen-bond acceptors (Lipinski definition) is 4. The van der Waals surface area contributed by atoms with Crippen molar-refractivity contribution in [3.63, 3.8) is 0 Å². The van der Waals surface area contributed by atoms with Crippen molar-refractivity contribution in [2.24, 2.45) is 7.05 Å². The van der Waals surface area contributed by atoms with Crippen LogP contribution in [-0.2, 0) is 20.0 Å². The second-order valence-corrected chi connectivity index (χ2v) is 4.41. The van der Waals surface area contributed by atoms with E-state index in [-0.39, 0.29) is 13.2 Å². The summed E-state index contributed by atoms with van der Waals surface area (Å²) in [6, 6.07) is 2.04. The summed E-state index contributed by atoms with van der Waals surface area (Å²) in [6.45, 7) is 4.47. The molecular formula is C12H23N3O2. The second kappa shape index (κ2) is 6.14. The molecule has 0 atom stereocenters. The Morgan fingerprint density at radius 1 is 1.35 bits per heavy atom. The van der Waals surface area contributed by atoms with Crippen LogP contribution in [0.3, 0.4) is 0 Å². The Morgan fingerprint density at radius 2 is 2.00 bits per heavy atom. The smallest absolute Gasteiger partial charge is 0.0648 e. The van der Waals surface area contributed by atoms with Crippen LogP contribution >= 0.6 is 0 Å². The molecule has 0 fully saturated rings. The lowest BCUT2D eigenvalue weighted by atomic mass is 9.98. The lowest BCUT2D eigenvalue weighted by Gasteiger charge is -2.29. The number of aromatic nitrogens is 2. The third kappa shape index (κ3) is 3.28. The first-order valence-corrected chi connectivity index (χ1v) is 6.09. The van der Waals surface area contributed by atoms with Gasteiger partial charge < -0.3 is 15.5 Å². The van der Waals surface area contributed by atoms with E-state index in [1.165, 1.54) is 0 Å². The van der Waals surface area contributed by atoms with E-state index in [0.29, 0.717) is 13.0 Å². The Hall–Kier alpha value is -0.910. The molecule has 1 heterocycles. The van der Waals surface area contributed by atoms with Crippen molar-refractivity contribution >= 4 is 0 Å². The lowest BCUT2D eigenvalue weighted by molar-refractivity contribution is 0.0858. The fourth-order valence-corrected chi connectivity index (χ4v) is 1.70. The van der Waals surface area contributed by atoms with Gasteiger partial charge in [-0.15, -0.1) is 0 Å². The first kappa shape index (κ1) is 14.2. The maximum absolute atomic E-state index is 9.33. The van der Waals surface area contributed by atoms with Crippen LogP contribution in [-0.4, -0.2) is 38.7 Å². The van der Waals surface area contributed by atoms with E-state index in [4.69, 9.17) is 0 Å². The van der Waals surface area contributed by atoms with Gasteiger partial charge in [0.15, 0.2) is 0 Å². The van der Waals surface area contributed by atoms with Gasteiger partial charge in [-0.05, 0) is 18.9 Å². The molecule has 0 aliphatic carbocycles.